The first-order valence-electron chi connectivity index (χ1n) is 8.05. The van der Waals surface area contributed by atoms with Gasteiger partial charge in [-0.3, -0.25) is 10.1 Å². The van der Waals surface area contributed by atoms with Crippen molar-refractivity contribution in [3.63, 3.8) is 0 Å². The highest BCUT2D eigenvalue weighted by Gasteiger charge is 2.25. The highest BCUT2D eigenvalue weighted by molar-refractivity contribution is 7.09. The van der Waals surface area contributed by atoms with Crippen molar-refractivity contribution in [2.75, 3.05) is 11.9 Å². The first kappa shape index (κ1) is 17.8. The molecule has 134 valence electrons. The smallest absolute Gasteiger partial charge is 0.373 e. The van der Waals surface area contributed by atoms with E-state index in [1.165, 1.54) is 11.2 Å². The minimum Gasteiger partial charge on any atom is -0.434 e. The molecule has 0 aliphatic heterocycles. The Labute approximate surface area is 154 Å². The summed E-state index contributed by atoms with van der Waals surface area (Å²) < 4.78 is 5.67. The molecule has 0 radical (unpaired) electrons. The zero-order valence-corrected chi connectivity index (χ0v) is 15.2. The Hall–Kier alpha value is -3.00. The van der Waals surface area contributed by atoms with Gasteiger partial charge < -0.3 is 10.1 Å². The van der Waals surface area contributed by atoms with Crippen LogP contribution in [0.3, 0.4) is 0 Å². The second kappa shape index (κ2) is 7.92. The van der Waals surface area contributed by atoms with Crippen molar-refractivity contribution in [1.82, 2.24) is 9.97 Å². The van der Waals surface area contributed by atoms with Gasteiger partial charge in [0.1, 0.15) is 12.1 Å². The molecule has 26 heavy (non-hydrogen) atoms. The van der Waals surface area contributed by atoms with Crippen LogP contribution in [0.4, 0.5) is 11.5 Å². The van der Waals surface area contributed by atoms with Gasteiger partial charge in [-0.15, -0.1) is 11.3 Å². The number of thiophene rings is 1. The molecule has 0 bridgehead atoms. The van der Waals surface area contributed by atoms with E-state index in [-0.39, 0.29) is 17.4 Å². The van der Waals surface area contributed by atoms with Crippen LogP contribution >= 0.6 is 11.3 Å². The fourth-order valence-corrected chi connectivity index (χ4v) is 3.09. The van der Waals surface area contributed by atoms with Crippen molar-refractivity contribution >= 4 is 22.8 Å². The quantitative estimate of drug-likeness (QED) is 0.486. The van der Waals surface area contributed by atoms with E-state index in [0.717, 1.165) is 17.5 Å². The topological polar surface area (TPSA) is 90.2 Å². The molecule has 1 N–H and O–H groups in total. The molecular formula is C18H18N4O3S. The average Bonchev–Trinajstić information content (AvgIpc) is 3.11. The van der Waals surface area contributed by atoms with Crippen LogP contribution in [0.5, 0.6) is 11.6 Å². The Balaban J connectivity index is 1.80. The molecule has 0 spiro atoms. The maximum absolute atomic E-state index is 11.6. The number of benzene rings is 1. The van der Waals surface area contributed by atoms with Crippen molar-refractivity contribution in [2.24, 2.45) is 0 Å². The number of aryl methyl sites for hydroxylation is 2. The van der Waals surface area contributed by atoms with Crippen LogP contribution in [0.15, 0.2) is 42.0 Å². The fourth-order valence-electron chi connectivity index (χ4n) is 2.38. The molecular weight excluding hydrogens is 352 g/mol. The molecule has 0 amide bonds. The predicted molar refractivity (Wildman–Crippen MR) is 101 cm³/mol. The van der Waals surface area contributed by atoms with E-state index in [0.29, 0.717) is 12.3 Å². The molecule has 7 nitrogen and oxygen atoms in total. The lowest BCUT2D eigenvalue weighted by Gasteiger charge is -2.10. The van der Waals surface area contributed by atoms with E-state index in [9.17, 15) is 10.1 Å². The Morgan fingerprint density at radius 1 is 1.23 bits per heavy atom. The van der Waals surface area contributed by atoms with E-state index in [1.54, 1.807) is 17.4 Å². The maximum atomic E-state index is 11.6. The molecule has 0 fully saturated rings. The lowest BCUT2D eigenvalue weighted by Crippen LogP contribution is -2.09. The number of aromatic nitrogens is 2. The first-order valence-corrected chi connectivity index (χ1v) is 8.93. The Bertz CT molecular complexity index is 913. The number of ether oxygens (including phenoxy) is 1. The van der Waals surface area contributed by atoms with Crippen LogP contribution in [-0.2, 0) is 6.42 Å². The molecule has 8 heteroatoms. The highest BCUT2D eigenvalue weighted by atomic mass is 32.1. The van der Waals surface area contributed by atoms with Gasteiger partial charge in [-0.2, -0.15) is 4.98 Å². The molecule has 0 unspecified atom stereocenters. The van der Waals surface area contributed by atoms with Crippen molar-refractivity contribution in [3.05, 3.63) is 68.2 Å². The molecule has 2 aromatic heterocycles. The summed E-state index contributed by atoms with van der Waals surface area (Å²) in [6, 6.07) is 9.48. The molecule has 3 aromatic rings. The molecule has 0 aliphatic carbocycles. The van der Waals surface area contributed by atoms with E-state index in [2.05, 4.69) is 15.3 Å². The fraction of sp³-hybridized carbons (Fsp3) is 0.222. The minimum absolute atomic E-state index is 0.0770. The monoisotopic (exact) mass is 370 g/mol. The SMILES string of the molecule is Cc1ccc(Oc2ncnc(NCCc3cccs3)c2[N+](=O)[O-])cc1C. The third kappa shape index (κ3) is 4.15. The second-order valence-corrected chi connectivity index (χ2v) is 6.77. The predicted octanol–water partition coefficient (Wildman–Crippen LogP) is 4.51. The summed E-state index contributed by atoms with van der Waals surface area (Å²) in [6.45, 7) is 4.47. The maximum Gasteiger partial charge on any atom is 0.373 e. The standard InChI is InChI=1S/C18H18N4O3S/c1-12-5-6-14(10-13(12)2)25-18-16(22(23)24)17(20-11-21-18)19-8-7-15-4-3-9-26-15/h3-6,9-11H,7-8H2,1-2H3,(H,19,20,21). The molecule has 0 saturated carbocycles. The van der Waals surface area contributed by atoms with Crippen molar-refractivity contribution < 1.29 is 9.66 Å². The summed E-state index contributed by atoms with van der Waals surface area (Å²) in [5, 5.41) is 16.6. The number of hydrogen-bond acceptors (Lipinski definition) is 7. The van der Waals surface area contributed by atoms with Gasteiger partial charge >= 0.3 is 11.6 Å². The number of anilines is 1. The molecule has 3 rings (SSSR count). The summed E-state index contributed by atoms with van der Waals surface area (Å²) in [7, 11) is 0. The molecule has 0 saturated heterocycles. The van der Waals surface area contributed by atoms with Crippen LogP contribution < -0.4 is 10.1 Å². The van der Waals surface area contributed by atoms with Crippen molar-refractivity contribution in [2.45, 2.75) is 20.3 Å². The zero-order valence-electron chi connectivity index (χ0n) is 14.4. The summed E-state index contributed by atoms with van der Waals surface area (Å²) in [6.07, 6.45) is 2.02. The van der Waals surface area contributed by atoms with Crippen LogP contribution in [-0.4, -0.2) is 21.4 Å². The van der Waals surface area contributed by atoms with Gasteiger partial charge in [0, 0.05) is 11.4 Å². The number of nitro groups is 1. The molecule has 0 aliphatic rings. The Morgan fingerprint density at radius 3 is 2.77 bits per heavy atom. The van der Waals surface area contributed by atoms with Gasteiger partial charge in [-0.05, 0) is 55.0 Å². The van der Waals surface area contributed by atoms with E-state index in [4.69, 9.17) is 4.74 Å². The van der Waals surface area contributed by atoms with Crippen molar-refractivity contribution in [3.8, 4) is 11.6 Å². The lowest BCUT2D eigenvalue weighted by atomic mass is 10.1. The number of nitrogens with one attached hydrogen (secondary N) is 1. The van der Waals surface area contributed by atoms with E-state index < -0.39 is 4.92 Å². The van der Waals surface area contributed by atoms with Crippen LogP contribution in [0.2, 0.25) is 0 Å². The largest absolute Gasteiger partial charge is 0.434 e. The number of nitrogens with zero attached hydrogens (tertiary/aromatic N) is 3. The average molecular weight is 370 g/mol. The minimum atomic E-state index is -0.524. The third-order valence-electron chi connectivity index (χ3n) is 3.91. The van der Waals surface area contributed by atoms with Gasteiger partial charge in [0.2, 0.25) is 5.82 Å². The van der Waals surface area contributed by atoms with Crippen molar-refractivity contribution in [1.29, 1.82) is 0 Å². The van der Waals surface area contributed by atoms with E-state index in [1.807, 2.05) is 43.5 Å². The normalized spacial score (nSPS) is 10.5. The van der Waals surface area contributed by atoms with E-state index >= 15 is 0 Å². The Morgan fingerprint density at radius 2 is 2.08 bits per heavy atom. The molecule has 0 atom stereocenters. The highest BCUT2D eigenvalue weighted by Crippen LogP contribution is 2.34. The molecule has 2 heterocycles. The summed E-state index contributed by atoms with van der Waals surface area (Å²) in [5.41, 5.74) is 1.89. The van der Waals surface area contributed by atoms with Gasteiger partial charge in [-0.25, -0.2) is 4.98 Å². The lowest BCUT2D eigenvalue weighted by molar-refractivity contribution is -0.385. The van der Waals surface area contributed by atoms with Crippen LogP contribution in [0, 0.1) is 24.0 Å². The zero-order chi connectivity index (χ0) is 18.5. The van der Waals surface area contributed by atoms with Gasteiger partial charge in [0.25, 0.3) is 0 Å². The first-order chi connectivity index (χ1) is 12.5. The summed E-state index contributed by atoms with van der Waals surface area (Å²) in [4.78, 5) is 20.2. The number of hydrogen-bond donors (Lipinski definition) is 1. The second-order valence-electron chi connectivity index (χ2n) is 5.74. The number of rotatable bonds is 7. The van der Waals surface area contributed by atoms with Gasteiger partial charge in [0.05, 0.1) is 4.92 Å². The van der Waals surface area contributed by atoms with Crippen LogP contribution in [0.25, 0.3) is 0 Å². The Kier molecular flexibility index (Phi) is 5.43. The summed E-state index contributed by atoms with van der Waals surface area (Å²) >= 11 is 1.64. The van der Waals surface area contributed by atoms with Gasteiger partial charge in [0.15, 0.2) is 0 Å². The summed E-state index contributed by atoms with van der Waals surface area (Å²) in [5.74, 6) is 0.576. The molecule has 1 aromatic carbocycles. The third-order valence-corrected chi connectivity index (χ3v) is 4.84. The van der Waals surface area contributed by atoms with Crippen LogP contribution in [0.1, 0.15) is 16.0 Å². The van der Waals surface area contributed by atoms with Gasteiger partial charge in [-0.1, -0.05) is 12.1 Å².